The van der Waals surface area contributed by atoms with Gasteiger partial charge in [0.1, 0.15) is 5.75 Å². The lowest BCUT2D eigenvalue weighted by Crippen LogP contribution is -2.26. The second-order valence-corrected chi connectivity index (χ2v) is 5.66. The lowest BCUT2D eigenvalue weighted by atomic mass is 10.1. The number of nitrogens with two attached hydrogens (primary N) is 1. The van der Waals surface area contributed by atoms with Gasteiger partial charge in [-0.15, -0.1) is 12.4 Å². The summed E-state index contributed by atoms with van der Waals surface area (Å²) in [6, 6.07) is 8.12. The van der Waals surface area contributed by atoms with Gasteiger partial charge >= 0.3 is 0 Å². The molecular weight excluding hydrogens is 300 g/mol. The molecule has 0 aliphatic heterocycles. The van der Waals surface area contributed by atoms with Crippen molar-refractivity contribution in [2.75, 3.05) is 13.1 Å². The molecule has 0 heterocycles. The van der Waals surface area contributed by atoms with Gasteiger partial charge in [0.15, 0.2) is 0 Å². The molecule has 2 rings (SSSR count). The molecule has 4 nitrogen and oxygen atoms in total. The highest BCUT2D eigenvalue weighted by atomic mass is 35.5. The number of carbonyl (C=O) groups excluding carboxylic acids is 1. The third kappa shape index (κ3) is 6.67. The number of halogens is 1. The SMILES string of the molecule is Cl.NCCCNC(=O)CCc1cccc(OC2CCCC2)c1. The Bertz CT molecular complexity index is 448. The number of aryl methyl sites for hydroxylation is 1. The van der Waals surface area contributed by atoms with Crippen LogP contribution in [0.25, 0.3) is 0 Å². The second-order valence-electron chi connectivity index (χ2n) is 5.66. The first-order valence-corrected chi connectivity index (χ1v) is 8.00. The smallest absolute Gasteiger partial charge is 0.220 e. The molecule has 0 unspecified atom stereocenters. The molecule has 124 valence electrons. The number of nitrogens with one attached hydrogen (secondary N) is 1. The molecule has 1 saturated carbocycles. The van der Waals surface area contributed by atoms with Gasteiger partial charge in [-0.05, 0) is 62.8 Å². The van der Waals surface area contributed by atoms with Crippen molar-refractivity contribution in [1.29, 1.82) is 0 Å². The summed E-state index contributed by atoms with van der Waals surface area (Å²) in [5, 5.41) is 2.88. The first-order valence-electron chi connectivity index (χ1n) is 8.00. The summed E-state index contributed by atoms with van der Waals surface area (Å²) in [6.45, 7) is 1.28. The Labute approximate surface area is 139 Å². The molecule has 1 aromatic rings. The predicted octanol–water partition coefficient (Wildman–Crippen LogP) is 2.83. The van der Waals surface area contributed by atoms with Crippen LogP contribution in [-0.2, 0) is 11.2 Å². The van der Waals surface area contributed by atoms with Gasteiger partial charge in [-0.2, -0.15) is 0 Å². The van der Waals surface area contributed by atoms with Gasteiger partial charge in [-0.25, -0.2) is 0 Å². The molecule has 1 aliphatic carbocycles. The van der Waals surface area contributed by atoms with Gasteiger partial charge in [0.25, 0.3) is 0 Å². The molecule has 0 radical (unpaired) electrons. The topological polar surface area (TPSA) is 64.3 Å². The fraction of sp³-hybridized carbons (Fsp3) is 0.588. The van der Waals surface area contributed by atoms with Crippen molar-refractivity contribution in [3.63, 3.8) is 0 Å². The predicted molar refractivity (Wildman–Crippen MR) is 91.6 cm³/mol. The highest BCUT2D eigenvalue weighted by molar-refractivity contribution is 5.85. The first kappa shape index (κ1) is 18.8. The zero-order valence-electron chi connectivity index (χ0n) is 13.1. The maximum atomic E-state index is 11.7. The lowest BCUT2D eigenvalue weighted by molar-refractivity contribution is -0.121. The molecule has 5 heteroatoms. The quantitative estimate of drug-likeness (QED) is 0.722. The van der Waals surface area contributed by atoms with E-state index >= 15 is 0 Å². The van der Waals surface area contributed by atoms with Crippen LogP contribution in [0, 0.1) is 0 Å². The van der Waals surface area contributed by atoms with Crippen molar-refractivity contribution in [3.8, 4) is 5.75 Å². The largest absolute Gasteiger partial charge is 0.490 e. The van der Waals surface area contributed by atoms with E-state index in [4.69, 9.17) is 10.5 Å². The van der Waals surface area contributed by atoms with E-state index in [9.17, 15) is 4.79 Å². The monoisotopic (exact) mass is 326 g/mol. The maximum absolute atomic E-state index is 11.7. The van der Waals surface area contributed by atoms with E-state index in [1.807, 2.05) is 12.1 Å². The number of carbonyl (C=O) groups is 1. The Morgan fingerprint density at radius 1 is 1.32 bits per heavy atom. The Morgan fingerprint density at radius 3 is 2.82 bits per heavy atom. The third-order valence-corrected chi connectivity index (χ3v) is 3.85. The fourth-order valence-corrected chi connectivity index (χ4v) is 2.65. The molecule has 0 atom stereocenters. The highest BCUT2D eigenvalue weighted by Gasteiger charge is 2.16. The number of amides is 1. The van der Waals surface area contributed by atoms with Crippen molar-refractivity contribution in [2.24, 2.45) is 5.73 Å². The zero-order valence-corrected chi connectivity index (χ0v) is 13.9. The van der Waals surface area contributed by atoms with Crippen molar-refractivity contribution >= 4 is 18.3 Å². The van der Waals surface area contributed by atoms with Crippen molar-refractivity contribution in [2.45, 2.75) is 51.0 Å². The summed E-state index contributed by atoms with van der Waals surface area (Å²) in [5.41, 5.74) is 6.55. The van der Waals surface area contributed by atoms with Crippen LogP contribution in [0.5, 0.6) is 5.75 Å². The van der Waals surface area contributed by atoms with Crippen LogP contribution in [0.1, 0.15) is 44.1 Å². The van der Waals surface area contributed by atoms with E-state index in [1.165, 1.54) is 12.8 Å². The zero-order chi connectivity index (χ0) is 14.9. The van der Waals surface area contributed by atoms with Gasteiger partial charge in [0, 0.05) is 13.0 Å². The molecule has 0 saturated heterocycles. The number of rotatable bonds is 8. The molecule has 22 heavy (non-hydrogen) atoms. The van der Waals surface area contributed by atoms with E-state index < -0.39 is 0 Å². The minimum absolute atomic E-state index is 0. The number of benzene rings is 1. The fourth-order valence-electron chi connectivity index (χ4n) is 2.65. The van der Waals surface area contributed by atoms with Gasteiger partial charge in [0.05, 0.1) is 6.10 Å². The van der Waals surface area contributed by atoms with Gasteiger partial charge < -0.3 is 15.8 Å². The maximum Gasteiger partial charge on any atom is 0.220 e. The molecule has 1 amide bonds. The lowest BCUT2D eigenvalue weighted by Gasteiger charge is -2.13. The Hall–Kier alpha value is -1.26. The van der Waals surface area contributed by atoms with Gasteiger partial charge in [-0.1, -0.05) is 12.1 Å². The summed E-state index contributed by atoms with van der Waals surface area (Å²) < 4.78 is 5.99. The Morgan fingerprint density at radius 2 is 2.09 bits per heavy atom. The van der Waals surface area contributed by atoms with Crippen LogP contribution in [0.15, 0.2) is 24.3 Å². The average Bonchev–Trinajstić information content (AvgIpc) is 2.99. The van der Waals surface area contributed by atoms with E-state index in [0.29, 0.717) is 25.6 Å². The number of hydrogen-bond donors (Lipinski definition) is 2. The van der Waals surface area contributed by atoms with Crippen LogP contribution >= 0.6 is 12.4 Å². The summed E-state index contributed by atoms with van der Waals surface area (Å²) in [4.78, 5) is 11.7. The third-order valence-electron chi connectivity index (χ3n) is 3.85. The molecule has 1 fully saturated rings. The van der Waals surface area contributed by atoms with Crippen LogP contribution in [0.2, 0.25) is 0 Å². The molecule has 3 N–H and O–H groups in total. The van der Waals surface area contributed by atoms with Crippen LogP contribution < -0.4 is 15.8 Å². The van der Waals surface area contributed by atoms with E-state index in [0.717, 1.165) is 37.0 Å². The Balaban J connectivity index is 0.00000242. The first-order chi connectivity index (χ1) is 10.3. The molecule has 0 spiro atoms. The minimum atomic E-state index is 0. The van der Waals surface area contributed by atoms with E-state index in [2.05, 4.69) is 17.4 Å². The van der Waals surface area contributed by atoms with E-state index in [-0.39, 0.29) is 18.3 Å². The highest BCUT2D eigenvalue weighted by Crippen LogP contribution is 2.24. The van der Waals surface area contributed by atoms with Gasteiger partial charge in [0.2, 0.25) is 5.91 Å². The number of hydrogen-bond acceptors (Lipinski definition) is 3. The van der Waals surface area contributed by atoms with Crippen molar-refractivity contribution in [3.05, 3.63) is 29.8 Å². The summed E-state index contributed by atoms with van der Waals surface area (Å²) in [7, 11) is 0. The van der Waals surface area contributed by atoms with Crippen LogP contribution in [-0.4, -0.2) is 25.1 Å². The standard InChI is InChI=1S/C17H26N2O2.ClH/c18-11-4-12-19-17(20)10-9-14-5-3-8-16(13-14)21-15-6-1-2-7-15;/h3,5,8,13,15H,1-2,4,6-7,9-12,18H2,(H,19,20);1H. The van der Waals surface area contributed by atoms with E-state index in [1.54, 1.807) is 0 Å². The number of ether oxygens (including phenoxy) is 1. The summed E-state index contributed by atoms with van der Waals surface area (Å²) in [5.74, 6) is 1.02. The van der Waals surface area contributed by atoms with Crippen LogP contribution in [0.3, 0.4) is 0 Å². The molecule has 1 aliphatic rings. The minimum Gasteiger partial charge on any atom is -0.490 e. The normalized spacial score (nSPS) is 14.4. The molecular formula is C17H27ClN2O2. The van der Waals surface area contributed by atoms with Gasteiger partial charge in [-0.3, -0.25) is 4.79 Å². The van der Waals surface area contributed by atoms with Crippen molar-refractivity contribution in [1.82, 2.24) is 5.32 Å². The molecule has 0 aromatic heterocycles. The second kappa shape index (κ2) is 10.5. The molecule has 1 aromatic carbocycles. The molecule has 0 bridgehead atoms. The summed E-state index contributed by atoms with van der Waals surface area (Å²) in [6.07, 6.45) is 7.33. The average molecular weight is 327 g/mol. The van der Waals surface area contributed by atoms with Crippen LogP contribution in [0.4, 0.5) is 0 Å². The summed E-state index contributed by atoms with van der Waals surface area (Å²) >= 11 is 0. The van der Waals surface area contributed by atoms with Crippen molar-refractivity contribution < 1.29 is 9.53 Å². The Kier molecular flexibility index (Phi) is 8.94.